The lowest BCUT2D eigenvalue weighted by Crippen LogP contribution is -2.53. The fourth-order valence-corrected chi connectivity index (χ4v) is 3.84. The van der Waals surface area contributed by atoms with E-state index in [-0.39, 0.29) is 10.9 Å². The quantitative estimate of drug-likeness (QED) is 0.796. The first-order valence-corrected chi connectivity index (χ1v) is 8.25. The van der Waals surface area contributed by atoms with Crippen molar-refractivity contribution in [2.45, 2.75) is 36.8 Å². The van der Waals surface area contributed by atoms with Crippen LogP contribution < -0.4 is 4.72 Å². The van der Waals surface area contributed by atoms with E-state index in [4.69, 9.17) is 16.3 Å². The number of sulfonamides is 1. The molecule has 0 amide bonds. The van der Waals surface area contributed by atoms with E-state index < -0.39 is 15.6 Å². The molecule has 0 aromatic carbocycles. The van der Waals surface area contributed by atoms with Gasteiger partial charge in [0, 0.05) is 25.5 Å². The normalized spacial score (nSPS) is 19.5. The Morgan fingerprint density at radius 1 is 1.53 bits per heavy atom. The van der Waals surface area contributed by atoms with Gasteiger partial charge in [-0.3, -0.25) is 0 Å². The Morgan fingerprint density at radius 2 is 2.21 bits per heavy atom. The number of nitrogens with zero attached hydrogens (tertiary/aromatic N) is 1. The molecule has 0 saturated carbocycles. The second kappa shape index (κ2) is 5.78. The molecule has 1 saturated heterocycles. The van der Waals surface area contributed by atoms with E-state index in [0.29, 0.717) is 38.3 Å². The van der Waals surface area contributed by atoms with Crippen LogP contribution in [0, 0.1) is 0 Å². The second-order valence-corrected chi connectivity index (χ2v) is 6.60. The summed E-state index contributed by atoms with van der Waals surface area (Å²) in [4.78, 5) is 6.81. The van der Waals surface area contributed by atoms with Crippen molar-refractivity contribution >= 4 is 21.6 Å². The minimum absolute atomic E-state index is 0.0836. The SMILES string of the molecule is CCc1ncc(S(=O)(=O)NC2(CCl)CCOCC2)[nH]1. The third kappa shape index (κ3) is 3.28. The largest absolute Gasteiger partial charge is 0.381 e. The highest BCUT2D eigenvalue weighted by Gasteiger charge is 2.36. The monoisotopic (exact) mass is 307 g/mol. The molecule has 1 aromatic heterocycles. The molecule has 0 radical (unpaired) electrons. The van der Waals surface area contributed by atoms with Crippen LogP contribution in [-0.2, 0) is 21.2 Å². The molecule has 1 aliphatic heterocycles. The van der Waals surface area contributed by atoms with Gasteiger partial charge in [0.25, 0.3) is 10.0 Å². The highest BCUT2D eigenvalue weighted by molar-refractivity contribution is 7.89. The Morgan fingerprint density at radius 3 is 2.74 bits per heavy atom. The first-order valence-electron chi connectivity index (χ1n) is 6.23. The maximum Gasteiger partial charge on any atom is 0.258 e. The lowest BCUT2D eigenvalue weighted by Gasteiger charge is -2.35. The first kappa shape index (κ1) is 14.8. The van der Waals surface area contributed by atoms with Crippen LogP contribution in [0.1, 0.15) is 25.6 Å². The van der Waals surface area contributed by atoms with Crippen LogP contribution in [0.25, 0.3) is 0 Å². The Labute approximate surface area is 118 Å². The molecule has 19 heavy (non-hydrogen) atoms. The topological polar surface area (TPSA) is 84.1 Å². The van der Waals surface area contributed by atoms with E-state index in [9.17, 15) is 8.42 Å². The van der Waals surface area contributed by atoms with Gasteiger partial charge >= 0.3 is 0 Å². The maximum absolute atomic E-state index is 12.3. The Bertz CT molecular complexity index is 523. The van der Waals surface area contributed by atoms with Gasteiger partial charge in [-0.1, -0.05) is 6.92 Å². The van der Waals surface area contributed by atoms with Crippen LogP contribution in [0.3, 0.4) is 0 Å². The molecule has 8 heteroatoms. The number of hydrogen-bond donors (Lipinski definition) is 2. The Kier molecular flexibility index (Phi) is 4.50. The summed E-state index contributed by atoms with van der Waals surface area (Å²) < 4.78 is 32.6. The number of imidazole rings is 1. The fourth-order valence-electron chi connectivity index (χ4n) is 2.02. The molecule has 2 rings (SSSR count). The fraction of sp³-hybridized carbons (Fsp3) is 0.727. The standard InChI is InChI=1S/C11H18ClN3O3S/c1-2-9-13-7-10(14-9)19(16,17)15-11(8-12)3-5-18-6-4-11/h7,15H,2-6,8H2,1H3,(H,13,14). The smallest absolute Gasteiger partial charge is 0.258 e. The number of halogens is 1. The third-order valence-electron chi connectivity index (χ3n) is 3.29. The Balaban J connectivity index is 2.19. The van der Waals surface area contributed by atoms with E-state index in [0.717, 1.165) is 0 Å². The number of aromatic amines is 1. The molecule has 6 nitrogen and oxygen atoms in total. The number of aromatic nitrogens is 2. The molecule has 1 aromatic rings. The summed E-state index contributed by atoms with van der Waals surface area (Å²) in [5.74, 6) is 0.872. The number of rotatable bonds is 5. The van der Waals surface area contributed by atoms with Crippen LogP contribution in [0.2, 0.25) is 0 Å². The van der Waals surface area contributed by atoms with E-state index in [1.807, 2.05) is 6.92 Å². The molecule has 108 valence electrons. The molecular weight excluding hydrogens is 290 g/mol. The highest BCUT2D eigenvalue weighted by Crippen LogP contribution is 2.24. The first-order chi connectivity index (χ1) is 9.01. The van der Waals surface area contributed by atoms with Crippen LogP contribution >= 0.6 is 11.6 Å². The van der Waals surface area contributed by atoms with Gasteiger partial charge in [-0.2, -0.15) is 0 Å². The van der Waals surface area contributed by atoms with Crippen LogP contribution in [0.15, 0.2) is 11.2 Å². The van der Waals surface area contributed by atoms with Crippen molar-refractivity contribution in [2.24, 2.45) is 0 Å². The second-order valence-electron chi connectivity index (χ2n) is 4.68. The minimum atomic E-state index is -3.63. The summed E-state index contributed by atoms with van der Waals surface area (Å²) in [5, 5.41) is 0.0836. The van der Waals surface area contributed by atoms with Crippen molar-refractivity contribution in [2.75, 3.05) is 19.1 Å². The van der Waals surface area contributed by atoms with Gasteiger partial charge in [0.05, 0.1) is 11.7 Å². The van der Waals surface area contributed by atoms with Crippen molar-refractivity contribution < 1.29 is 13.2 Å². The summed E-state index contributed by atoms with van der Waals surface area (Å²) in [7, 11) is -3.63. The minimum Gasteiger partial charge on any atom is -0.381 e. The zero-order chi connectivity index (χ0) is 13.9. The van der Waals surface area contributed by atoms with Gasteiger partial charge in [-0.15, -0.1) is 11.6 Å². The molecule has 1 aliphatic rings. The lowest BCUT2D eigenvalue weighted by molar-refractivity contribution is 0.0549. The van der Waals surface area contributed by atoms with Gasteiger partial charge in [0.15, 0.2) is 5.03 Å². The van der Waals surface area contributed by atoms with Crippen LogP contribution in [-0.4, -0.2) is 43.0 Å². The van der Waals surface area contributed by atoms with Crippen LogP contribution in [0.4, 0.5) is 0 Å². The molecule has 1 fully saturated rings. The van der Waals surface area contributed by atoms with Crippen molar-refractivity contribution in [3.63, 3.8) is 0 Å². The van der Waals surface area contributed by atoms with Crippen molar-refractivity contribution in [1.29, 1.82) is 0 Å². The van der Waals surface area contributed by atoms with E-state index in [1.54, 1.807) is 0 Å². The number of hydrogen-bond acceptors (Lipinski definition) is 4. The van der Waals surface area contributed by atoms with Crippen molar-refractivity contribution in [1.82, 2.24) is 14.7 Å². The molecule has 0 bridgehead atoms. The summed E-state index contributed by atoms with van der Waals surface area (Å²) in [6.45, 7) is 2.93. The van der Waals surface area contributed by atoms with Gasteiger partial charge < -0.3 is 9.72 Å². The predicted octanol–water partition coefficient (Wildman–Crippen LogP) is 1.04. The summed E-state index contributed by atoms with van der Waals surface area (Å²) in [6, 6.07) is 0. The van der Waals surface area contributed by atoms with Gasteiger partial charge in [-0.05, 0) is 12.8 Å². The van der Waals surface area contributed by atoms with Crippen molar-refractivity contribution in [3.05, 3.63) is 12.0 Å². The van der Waals surface area contributed by atoms with Crippen LogP contribution in [0.5, 0.6) is 0 Å². The van der Waals surface area contributed by atoms with Crippen molar-refractivity contribution in [3.8, 4) is 0 Å². The zero-order valence-electron chi connectivity index (χ0n) is 10.8. The average molecular weight is 308 g/mol. The molecule has 0 atom stereocenters. The lowest BCUT2D eigenvalue weighted by atomic mass is 9.94. The van der Waals surface area contributed by atoms with E-state index in [1.165, 1.54) is 6.20 Å². The zero-order valence-corrected chi connectivity index (χ0v) is 12.4. The maximum atomic E-state index is 12.3. The molecular formula is C11H18ClN3O3S. The number of alkyl halides is 1. The highest BCUT2D eigenvalue weighted by atomic mass is 35.5. The van der Waals surface area contributed by atoms with Gasteiger partial charge in [-0.25, -0.2) is 18.1 Å². The van der Waals surface area contributed by atoms with Gasteiger partial charge in [0.1, 0.15) is 5.82 Å². The third-order valence-corrected chi connectivity index (χ3v) is 5.29. The number of H-pyrrole nitrogens is 1. The summed E-state index contributed by atoms with van der Waals surface area (Å²) in [6.07, 6.45) is 3.14. The summed E-state index contributed by atoms with van der Waals surface area (Å²) in [5.41, 5.74) is -0.629. The molecule has 0 spiro atoms. The molecule has 2 heterocycles. The number of ether oxygens (including phenoxy) is 1. The molecule has 0 unspecified atom stereocenters. The van der Waals surface area contributed by atoms with E-state index in [2.05, 4.69) is 14.7 Å². The predicted molar refractivity (Wildman–Crippen MR) is 71.8 cm³/mol. The van der Waals surface area contributed by atoms with Gasteiger partial charge in [0.2, 0.25) is 0 Å². The molecule has 2 N–H and O–H groups in total. The van der Waals surface area contributed by atoms with E-state index >= 15 is 0 Å². The molecule has 0 aliphatic carbocycles. The average Bonchev–Trinajstić information content (AvgIpc) is 2.89. The summed E-state index contributed by atoms with van der Waals surface area (Å²) >= 11 is 5.95. The number of aryl methyl sites for hydroxylation is 1. The Hall–Kier alpha value is -0.630. The number of nitrogens with one attached hydrogen (secondary N) is 2.